The predicted octanol–water partition coefficient (Wildman–Crippen LogP) is 2.96. The van der Waals surface area contributed by atoms with Gasteiger partial charge in [0.1, 0.15) is 18.2 Å². The highest BCUT2D eigenvalue weighted by molar-refractivity contribution is 6.18. The van der Waals surface area contributed by atoms with E-state index in [9.17, 15) is 14.7 Å². The van der Waals surface area contributed by atoms with Crippen LogP contribution < -0.4 is 0 Å². The average Bonchev–Trinajstić information content (AvgIpc) is 2.55. The van der Waals surface area contributed by atoms with Crippen LogP contribution in [0.1, 0.15) is 33.3 Å². The van der Waals surface area contributed by atoms with Crippen LogP contribution in [0.15, 0.2) is 30.3 Å². The number of alkyl halides is 1. The molecule has 0 saturated heterocycles. The number of carbonyl (C=O) groups excluding carboxylic acids is 2. The van der Waals surface area contributed by atoms with E-state index in [0.717, 1.165) is 10.5 Å². The summed E-state index contributed by atoms with van der Waals surface area (Å²) < 4.78 is 10.6. The minimum absolute atomic E-state index is 0.0644. The number of esters is 1. The molecule has 1 aromatic rings. The fraction of sp³-hybridized carbons (Fsp3) is 0.556. The lowest BCUT2D eigenvalue weighted by Gasteiger charge is -2.31. The van der Waals surface area contributed by atoms with Crippen LogP contribution in [-0.2, 0) is 20.9 Å². The van der Waals surface area contributed by atoms with Gasteiger partial charge in [0.2, 0.25) is 0 Å². The SMILES string of the molecule is C[C@@H](C(=O)OCc1ccccc1)N(C[C@@H](O)CCl)C(=O)OC(C)(C)C. The van der Waals surface area contributed by atoms with E-state index in [1.54, 1.807) is 20.8 Å². The zero-order chi connectivity index (χ0) is 19.0. The summed E-state index contributed by atoms with van der Waals surface area (Å²) in [5.74, 6) is -0.651. The van der Waals surface area contributed by atoms with E-state index in [4.69, 9.17) is 21.1 Å². The Morgan fingerprint density at radius 1 is 1.24 bits per heavy atom. The molecule has 2 atom stereocenters. The van der Waals surface area contributed by atoms with Crippen LogP contribution in [0.5, 0.6) is 0 Å². The molecule has 0 aliphatic heterocycles. The first kappa shape index (κ1) is 21.3. The summed E-state index contributed by atoms with van der Waals surface area (Å²) in [6.07, 6.45) is -1.68. The molecule has 0 radical (unpaired) electrons. The number of aliphatic hydroxyl groups is 1. The van der Waals surface area contributed by atoms with Gasteiger partial charge in [-0.2, -0.15) is 0 Å². The molecule has 1 N–H and O–H groups in total. The molecule has 6 nitrogen and oxygen atoms in total. The van der Waals surface area contributed by atoms with Crippen molar-refractivity contribution in [3.05, 3.63) is 35.9 Å². The van der Waals surface area contributed by atoms with Crippen LogP contribution in [0.25, 0.3) is 0 Å². The number of hydrogen-bond acceptors (Lipinski definition) is 5. The van der Waals surface area contributed by atoms with Gasteiger partial charge >= 0.3 is 12.1 Å². The van der Waals surface area contributed by atoms with Crippen LogP contribution >= 0.6 is 11.6 Å². The van der Waals surface area contributed by atoms with Crippen molar-refractivity contribution in [2.45, 2.75) is 52.0 Å². The molecule has 140 valence electrons. The third kappa shape index (κ3) is 7.75. The minimum atomic E-state index is -0.974. The molecule has 1 rings (SSSR count). The van der Waals surface area contributed by atoms with Gasteiger partial charge in [-0.1, -0.05) is 30.3 Å². The van der Waals surface area contributed by atoms with Gasteiger partial charge in [0.25, 0.3) is 0 Å². The van der Waals surface area contributed by atoms with Gasteiger partial charge in [-0.25, -0.2) is 9.59 Å². The van der Waals surface area contributed by atoms with E-state index in [-0.39, 0.29) is 19.0 Å². The van der Waals surface area contributed by atoms with Crippen molar-refractivity contribution in [3.63, 3.8) is 0 Å². The van der Waals surface area contributed by atoms with E-state index >= 15 is 0 Å². The molecule has 0 unspecified atom stereocenters. The fourth-order valence-electron chi connectivity index (χ4n) is 1.96. The van der Waals surface area contributed by atoms with Gasteiger partial charge in [0.05, 0.1) is 18.5 Å². The molecule has 1 amide bonds. The average molecular weight is 372 g/mol. The lowest BCUT2D eigenvalue weighted by Crippen LogP contribution is -2.49. The second-order valence-corrected chi connectivity index (χ2v) is 7.02. The summed E-state index contributed by atoms with van der Waals surface area (Å²) in [4.78, 5) is 25.8. The maximum atomic E-state index is 12.4. The molecule has 25 heavy (non-hydrogen) atoms. The second kappa shape index (κ2) is 9.63. The Morgan fingerprint density at radius 3 is 2.36 bits per heavy atom. The number of halogens is 1. The number of nitrogens with zero attached hydrogens (tertiary/aromatic N) is 1. The number of carbonyl (C=O) groups is 2. The molecule has 7 heteroatoms. The molecule has 0 bridgehead atoms. The fourth-order valence-corrected chi connectivity index (χ4v) is 2.06. The zero-order valence-electron chi connectivity index (χ0n) is 15.1. The maximum Gasteiger partial charge on any atom is 0.411 e. The molecule has 0 saturated carbocycles. The highest BCUT2D eigenvalue weighted by Crippen LogP contribution is 2.14. The molecule has 0 spiro atoms. The molecule has 0 fully saturated rings. The first-order valence-electron chi connectivity index (χ1n) is 8.08. The topological polar surface area (TPSA) is 76.1 Å². The van der Waals surface area contributed by atoms with Gasteiger partial charge in [0.15, 0.2) is 0 Å². The Kier molecular flexibility index (Phi) is 8.19. The number of hydrogen-bond donors (Lipinski definition) is 1. The highest BCUT2D eigenvalue weighted by Gasteiger charge is 2.32. The smallest absolute Gasteiger partial charge is 0.411 e. The predicted molar refractivity (Wildman–Crippen MR) is 95.4 cm³/mol. The van der Waals surface area contributed by atoms with Crippen molar-refractivity contribution >= 4 is 23.7 Å². The third-order valence-corrected chi connectivity index (χ3v) is 3.60. The summed E-state index contributed by atoms with van der Waals surface area (Å²) in [6, 6.07) is 8.30. The number of benzene rings is 1. The van der Waals surface area contributed by atoms with Gasteiger partial charge in [-0.05, 0) is 33.3 Å². The third-order valence-electron chi connectivity index (χ3n) is 3.25. The standard InChI is InChI=1S/C18H26ClNO5/c1-13(16(22)24-12-14-8-6-5-7-9-14)20(11-15(21)10-19)17(23)25-18(2,3)4/h5-9,13,15,21H,10-12H2,1-4H3/t13-,15-/m0/s1. The summed E-state index contributed by atoms with van der Waals surface area (Å²) in [5.41, 5.74) is 0.113. The van der Waals surface area contributed by atoms with Crippen LogP contribution in [0.3, 0.4) is 0 Å². The van der Waals surface area contributed by atoms with E-state index in [0.29, 0.717) is 0 Å². The Bertz CT molecular complexity index is 558. The first-order valence-corrected chi connectivity index (χ1v) is 8.61. The van der Waals surface area contributed by atoms with Gasteiger partial charge in [-0.15, -0.1) is 11.6 Å². The number of aliphatic hydroxyl groups excluding tert-OH is 1. The summed E-state index contributed by atoms with van der Waals surface area (Å²) >= 11 is 5.61. The largest absolute Gasteiger partial charge is 0.459 e. The van der Waals surface area contributed by atoms with Crippen molar-refractivity contribution in [3.8, 4) is 0 Å². The second-order valence-electron chi connectivity index (χ2n) is 6.71. The summed E-state index contributed by atoms with van der Waals surface area (Å²) in [5, 5.41) is 9.78. The highest BCUT2D eigenvalue weighted by atomic mass is 35.5. The Balaban J connectivity index is 2.77. The van der Waals surface area contributed by atoms with Crippen molar-refractivity contribution in [2.24, 2.45) is 0 Å². The lowest BCUT2D eigenvalue weighted by atomic mass is 10.2. The van der Waals surface area contributed by atoms with Crippen LogP contribution in [0, 0.1) is 0 Å². The van der Waals surface area contributed by atoms with Crippen molar-refractivity contribution in [1.82, 2.24) is 4.90 Å². The van der Waals surface area contributed by atoms with Gasteiger partial charge < -0.3 is 14.6 Å². The molecule has 1 aromatic carbocycles. The number of amides is 1. The monoisotopic (exact) mass is 371 g/mol. The lowest BCUT2D eigenvalue weighted by molar-refractivity contribution is -0.151. The Hall–Kier alpha value is -1.79. The number of ether oxygens (including phenoxy) is 2. The molecular weight excluding hydrogens is 346 g/mol. The maximum absolute atomic E-state index is 12.4. The van der Waals surface area contributed by atoms with Crippen LogP contribution in [0.4, 0.5) is 4.79 Å². The quantitative estimate of drug-likeness (QED) is 0.589. The van der Waals surface area contributed by atoms with E-state index < -0.39 is 29.8 Å². The number of rotatable bonds is 7. The van der Waals surface area contributed by atoms with Crippen molar-refractivity contribution < 1.29 is 24.2 Å². The normalized spacial score (nSPS) is 13.7. The van der Waals surface area contributed by atoms with E-state index in [2.05, 4.69) is 0 Å². The van der Waals surface area contributed by atoms with Crippen LogP contribution in [-0.4, -0.2) is 52.2 Å². The molecule has 0 heterocycles. The summed E-state index contributed by atoms with van der Waals surface area (Å²) in [6.45, 7) is 6.67. The zero-order valence-corrected chi connectivity index (χ0v) is 15.8. The molecule has 0 aliphatic rings. The molecule has 0 aromatic heterocycles. The molecule has 0 aliphatic carbocycles. The van der Waals surface area contributed by atoms with Gasteiger partial charge in [-0.3, -0.25) is 4.90 Å². The van der Waals surface area contributed by atoms with Crippen LogP contribution in [0.2, 0.25) is 0 Å². The summed E-state index contributed by atoms with van der Waals surface area (Å²) in [7, 11) is 0. The van der Waals surface area contributed by atoms with E-state index in [1.807, 2.05) is 30.3 Å². The van der Waals surface area contributed by atoms with Crippen molar-refractivity contribution in [1.29, 1.82) is 0 Å². The minimum Gasteiger partial charge on any atom is -0.459 e. The molecular formula is C18H26ClNO5. The first-order chi connectivity index (χ1) is 11.6. The van der Waals surface area contributed by atoms with Gasteiger partial charge in [0, 0.05) is 0 Å². The Morgan fingerprint density at radius 2 is 1.84 bits per heavy atom. The van der Waals surface area contributed by atoms with Crippen molar-refractivity contribution in [2.75, 3.05) is 12.4 Å². The Labute approximate surface area is 153 Å². The van der Waals surface area contributed by atoms with E-state index in [1.165, 1.54) is 6.92 Å².